The maximum atomic E-state index is 5.84. The molecule has 0 spiro atoms. The van der Waals surface area contributed by atoms with Crippen LogP contribution in [0.2, 0.25) is 0 Å². The topological polar surface area (TPSA) is 43.4 Å². The van der Waals surface area contributed by atoms with Gasteiger partial charge in [0.05, 0.1) is 19.2 Å². The fourth-order valence-corrected chi connectivity index (χ4v) is 2.15. The van der Waals surface area contributed by atoms with Crippen LogP contribution in [-0.2, 0) is 0 Å². The molecule has 2 atom stereocenters. The maximum Gasteiger partial charge on any atom is 0.132 e. The Morgan fingerprint density at radius 2 is 2.46 bits per heavy atom. The summed E-state index contributed by atoms with van der Waals surface area (Å²) in [5, 5.41) is 0. The molecule has 1 aliphatic heterocycles. The van der Waals surface area contributed by atoms with E-state index in [4.69, 9.17) is 5.73 Å². The van der Waals surface area contributed by atoms with Crippen molar-refractivity contribution in [2.24, 2.45) is 0 Å². The molecule has 1 aliphatic rings. The van der Waals surface area contributed by atoms with Gasteiger partial charge in [-0.3, -0.25) is 0 Å². The molecular formula is C10H16N3+. The molecule has 0 aliphatic carbocycles. The van der Waals surface area contributed by atoms with E-state index in [1.807, 2.05) is 6.07 Å². The monoisotopic (exact) mass is 178 g/mol. The van der Waals surface area contributed by atoms with E-state index in [1.54, 1.807) is 11.1 Å². The van der Waals surface area contributed by atoms with Crippen molar-refractivity contribution in [2.45, 2.75) is 18.9 Å². The van der Waals surface area contributed by atoms with Crippen molar-refractivity contribution in [3.8, 4) is 0 Å². The molecule has 13 heavy (non-hydrogen) atoms. The molecule has 2 unspecified atom stereocenters. The number of nitrogens with two attached hydrogens (primary N) is 1. The Kier molecular flexibility index (Phi) is 2.19. The molecule has 1 fully saturated rings. The lowest BCUT2D eigenvalue weighted by molar-refractivity contribution is -0.898. The molecule has 0 saturated carbocycles. The van der Waals surface area contributed by atoms with Crippen LogP contribution in [0.15, 0.2) is 18.3 Å². The second-order valence-corrected chi connectivity index (χ2v) is 3.77. The van der Waals surface area contributed by atoms with E-state index in [0.29, 0.717) is 11.9 Å². The number of rotatable bonds is 1. The Hall–Kier alpha value is -1.09. The number of aromatic nitrogens is 1. The average Bonchev–Trinajstić information content (AvgIpc) is 2.52. The van der Waals surface area contributed by atoms with Gasteiger partial charge in [0, 0.05) is 19.0 Å². The minimum absolute atomic E-state index is 0.564. The van der Waals surface area contributed by atoms with Gasteiger partial charge in [-0.05, 0) is 12.1 Å². The van der Waals surface area contributed by atoms with E-state index < -0.39 is 0 Å². The van der Waals surface area contributed by atoms with E-state index in [9.17, 15) is 0 Å². The molecule has 3 N–H and O–H groups in total. The van der Waals surface area contributed by atoms with Gasteiger partial charge in [-0.15, -0.1) is 0 Å². The summed E-state index contributed by atoms with van der Waals surface area (Å²) < 4.78 is 0. The maximum absolute atomic E-state index is 5.84. The zero-order valence-electron chi connectivity index (χ0n) is 7.96. The standard InChI is InChI=1S/C10H15N3/c1-13-7-3-5-9(13)8-4-2-6-12-10(8)11/h2,4,6,9H,3,5,7H2,1H3,(H2,11,12)/p+1. The highest BCUT2D eigenvalue weighted by atomic mass is 15.1. The van der Waals surface area contributed by atoms with Gasteiger partial charge in [0.1, 0.15) is 11.9 Å². The van der Waals surface area contributed by atoms with Crippen LogP contribution in [-0.4, -0.2) is 18.6 Å². The summed E-state index contributed by atoms with van der Waals surface area (Å²) >= 11 is 0. The molecule has 1 aromatic rings. The average molecular weight is 178 g/mol. The number of quaternary nitrogens is 1. The molecule has 0 radical (unpaired) electrons. The Balaban J connectivity index is 2.29. The molecule has 0 aromatic carbocycles. The molecule has 1 saturated heterocycles. The summed E-state index contributed by atoms with van der Waals surface area (Å²) in [7, 11) is 2.23. The first-order chi connectivity index (χ1) is 6.29. The summed E-state index contributed by atoms with van der Waals surface area (Å²) in [4.78, 5) is 5.68. The van der Waals surface area contributed by atoms with Crippen LogP contribution in [0.3, 0.4) is 0 Å². The number of likely N-dealkylation sites (tertiary alicyclic amines) is 1. The molecule has 3 heteroatoms. The van der Waals surface area contributed by atoms with Gasteiger partial charge in [-0.2, -0.15) is 0 Å². The lowest BCUT2D eigenvalue weighted by Crippen LogP contribution is -3.07. The van der Waals surface area contributed by atoms with Gasteiger partial charge in [0.2, 0.25) is 0 Å². The van der Waals surface area contributed by atoms with Crippen molar-refractivity contribution >= 4 is 5.82 Å². The van der Waals surface area contributed by atoms with Gasteiger partial charge >= 0.3 is 0 Å². The SMILES string of the molecule is C[NH+]1CCCC1c1cccnc1N. The second kappa shape index (κ2) is 3.34. The normalized spacial score (nSPS) is 27.8. The molecule has 70 valence electrons. The summed E-state index contributed by atoms with van der Waals surface area (Å²) in [5.74, 6) is 0.703. The largest absolute Gasteiger partial charge is 0.383 e. The number of hydrogen-bond acceptors (Lipinski definition) is 2. The van der Waals surface area contributed by atoms with Crippen molar-refractivity contribution in [3.63, 3.8) is 0 Å². The van der Waals surface area contributed by atoms with Gasteiger partial charge in [0.15, 0.2) is 0 Å². The molecule has 2 rings (SSSR count). The smallest absolute Gasteiger partial charge is 0.132 e. The first kappa shape index (κ1) is 8.51. The highest BCUT2D eigenvalue weighted by molar-refractivity contribution is 5.40. The van der Waals surface area contributed by atoms with Gasteiger partial charge in [-0.25, -0.2) is 4.98 Å². The first-order valence-electron chi connectivity index (χ1n) is 4.81. The van der Waals surface area contributed by atoms with Crippen molar-refractivity contribution in [1.82, 2.24) is 4.98 Å². The third kappa shape index (κ3) is 1.52. The lowest BCUT2D eigenvalue weighted by atomic mass is 10.1. The first-order valence-corrected chi connectivity index (χ1v) is 4.81. The van der Waals surface area contributed by atoms with Crippen molar-refractivity contribution in [1.29, 1.82) is 0 Å². The Bertz CT molecular complexity index is 298. The van der Waals surface area contributed by atoms with Crippen LogP contribution in [0.1, 0.15) is 24.4 Å². The van der Waals surface area contributed by atoms with Gasteiger partial charge in [-0.1, -0.05) is 0 Å². The van der Waals surface area contributed by atoms with Crippen LogP contribution in [0.5, 0.6) is 0 Å². The third-order valence-electron chi connectivity index (χ3n) is 2.91. The summed E-state index contributed by atoms with van der Waals surface area (Å²) in [6, 6.07) is 4.63. The number of hydrogen-bond donors (Lipinski definition) is 2. The van der Waals surface area contributed by atoms with Crippen LogP contribution in [0, 0.1) is 0 Å². The third-order valence-corrected chi connectivity index (χ3v) is 2.91. The van der Waals surface area contributed by atoms with Crippen molar-refractivity contribution in [2.75, 3.05) is 19.3 Å². The fourth-order valence-electron chi connectivity index (χ4n) is 2.15. The molecule has 1 aromatic heterocycles. The molecule has 0 amide bonds. The van der Waals surface area contributed by atoms with E-state index in [2.05, 4.69) is 18.1 Å². The Morgan fingerprint density at radius 1 is 1.62 bits per heavy atom. The van der Waals surface area contributed by atoms with Crippen molar-refractivity contribution in [3.05, 3.63) is 23.9 Å². The number of nitrogens with one attached hydrogen (secondary N) is 1. The van der Waals surface area contributed by atoms with E-state index in [1.165, 1.54) is 24.9 Å². The van der Waals surface area contributed by atoms with E-state index in [0.717, 1.165) is 0 Å². The summed E-state index contributed by atoms with van der Waals surface area (Å²) in [6.45, 7) is 1.25. The highest BCUT2D eigenvalue weighted by Gasteiger charge is 2.28. The van der Waals surface area contributed by atoms with Gasteiger partial charge < -0.3 is 10.6 Å². The Labute approximate surface area is 78.6 Å². The number of nitrogen functional groups attached to an aromatic ring is 1. The van der Waals surface area contributed by atoms with E-state index in [-0.39, 0.29) is 0 Å². The lowest BCUT2D eigenvalue weighted by Gasteiger charge is -2.17. The molecule has 2 heterocycles. The molecular weight excluding hydrogens is 162 g/mol. The summed E-state index contributed by atoms with van der Waals surface area (Å²) in [6.07, 6.45) is 4.29. The van der Waals surface area contributed by atoms with Crippen LogP contribution >= 0.6 is 0 Å². The number of pyridine rings is 1. The highest BCUT2D eigenvalue weighted by Crippen LogP contribution is 2.21. The minimum Gasteiger partial charge on any atom is -0.383 e. The quantitative estimate of drug-likeness (QED) is 0.636. The van der Waals surface area contributed by atoms with Crippen LogP contribution < -0.4 is 10.6 Å². The number of anilines is 1. The minimum atomic E-state index is 0.564. The predicted molar refractivity (Wildman–Crippen MR) is 52.4 cm³/mol. The Morgan fingerprint density at radius 3 is 3.08 bits per heavy atom. The van der Waals surface area contributed by atoms with Gasteiger partial charge in [0.25, 0.3) is 0 Å². The zero-order chi connectivity index (χ0) is 9.26. The summed E-state index contributed by atoms with van der Waals surface area (Å²) in [5.41, 5.74) is 7.06. The zero-order valence-corrected chi connectivity index (χ0v) is 7.96. The molecule has 3 nitrogen and oxygen atoms in total. The van der Waals surface area contributed by atoms with Crippen LogP contribution in [0.25, 0.3) is 0 Å². The fraction of sp³-hybridized carbons (Fsp3) is 0.500. The second-order valence-electron chi connectivity index (χ2n) is 3.77. The number of nitrogens with zero attached hydrogens (tertiary/aromatic N) is 1. The molecule has 0 bridgehead atoms. The van der Waals surface area contributed by atoms with Crippen molar-refractivity contribution < 1.29 is 4.90 Å². The van der Waals surface area contributed by atoms with E-state index >= 15 is 0 Å². The van der Waals surface area contributed by atoms with Crippen LogP contribution in [0.4, 0.5) is 5.82 Å². The predicted octanol–water partition coefficient (Wildman–Crippen LogP) is 0.0134.